The Kier molecular flexibility index (Phi) is 5.96. The number of esters is 1. The second-order valence-corrected chi connectivity index (χ2v) is 5.69. The van der Waals surface area contributed by atoms with E-state index in [4.69, 9.17) is 14.7 Å². The standard InChI is InChI=1S/C18H20N4O4/c1-11-17(12(2)22(4)21-11)20-18(24)13(3)26-16(23)10-25-15-8-6-5-7-14(15)9-19/h5-8,13H,10H2,1-4H3,(H,20,24). The Morgan fingerprint density at radius 3 is 2.65 bits per heavy atom. The summed E-state index contributed by atoms with van der Waals surface area (Å²) >= 11 is 0. The number of aryl methyl sites for hydroxylation is 2. The molecule has 136 valence electrons. The molecular formula is C18H20N4O4. The average molecular weight is 356 g/mol. The van der Waals surface area contributed by atoms with E-state index in [1.807, 2.05) is 13.0 Å². The number of benzene rings is 1. The van der Waals surface area contributed by atoms with Gasteiger partial charge in [-0.2, -0.15) is 10.4 Å². The van der Waals surface area contributed by atoms with Crippen molar-refractivity contribution in [1.29, 1.82) is 5.26 Å². The first kappa shape index (κ1) is 19.0. The molecule has 1 N–H and O–H groups in total. The Labute approximate surface area is 151 Å². The lowest BCUT2D eigenvalue weighted by atomic mass is 10.2. The van der Waals surface area contributed by atoms with Crippen molar-refractivity contribution >= 4 is 17.6 Å². The smallest absolute Gasteiger partial charge is 0.344 e. The monoisotopic (exact) mass is 356 g/mol. The Morgan fingerprint density at radius 2 is 2.04 bits per heavy atom. The molecule has 1 atom stereocenters. The van der Waals surface area contributed by atoms with Crippen LogP contribution in [-0.4, -0.2) is 34.4 Å². The fraction of sp³-hybridized carbons (Fsp3) is 0.333. The van der Waals surface area contributed by atoms with Gasteiger partial charge in [-0.15, -0.1) is 0 Å². The zero-order chi connectivity index (χ0) is 19.3. The fourth-order valence-corrected chi connectivity index (χ4v) is 2.29. The molecule has 1 amide bonds. The van der Waals surface area contributed by atoms with E-state index < -0.39 is 24.6 Å². The Morgan fingerprint density at radius 1 is 1.35 bits per heavy atom. The minimum absolute atomic E-state index is 0.283. The van der Waals surface area contributed by atoms with Gasteiger partial charge in [-0.05, 0) is 32.9 Å². The SMILES string of the molecule is Cc1nn(C)c(C)c1NC(=O)C(C)OC(=O)COc1ccccc1C#N. The highest BCUT2D eigenvalue weighted by Crippen LogP contribution is 2.19. The lowest BCUT2D eigenvalue weighted by Gasteiger charge is -2.14. The number of hydrogen-bond acceptors (Lipinski definition) is 6. The number of nitriles is 1. The van der Waals surface area contributed by atoms with Crippen molar-refractivity contribution in [2.24, 2.45) is 7.05 Å². The van der Waals surface area contributed by atoms with E-state index in [2.05, 4.69) is 10.4 Å². The van der Waals surface area contributed by atoms with Crippen LogP contribution in [0, 0.1) is 25.2 Å². The minimum atomic E-state index is -1.00. The number of hydrogen-bond donors (Lipinski definition) is 1. The van der Waals surface area contributed by atoms with Crippen LogP contribution in [0.1, 0.15) is 23.9 Å². The fourth-order valence-electron chi connectivity index (χ4n) is 2.29. The Balaban J connectivity index is 1.90. The first-order valence-electron chi connectivity index (χ1n) is 7.96. The maximum Gasteiger partial charge on any atom is 0.344 e. The number of nitrogens with one attached hydrogen (secondary N) is 1. The molecule has 0 aliphatic heterocycles. The molecule has 2 aromatic rings. The van der Waals surface area contributed by atoms with Gasteiger partial charge in [0.25, 0.3) is 5.91 Å². The molecule has 1 heterocycles. The maximum absolute atomic E-state index is 12.2. The summed E-state index contributed by atoms with van der Waals surface area (Å²) in [7, 11) is 1.78. The second-order valence-electron chi connectivity index (χ2n) is 5.69. The van der Waals surface area contributed by atoms with Crippen molar-refractivity contribution in [3.8, 4) is 11.8 Å². The molecule has 2 rings (SSSR count). The lowest BCUT2D eigenvalue weighted by molar-refractivity contribution is -0.155. The van der Waals surface area contributed by atoms with Crippen molar-refractivity contribution in [2.45, 2.75) is 26.9 Å². The predicted molar refractivity (Wildman–Crippen MR) is 93.5 cm³/mol. The molecule has 26 heavy (non-hydrogen) atoms. The first-order valence-corrected chi connectivity index (χ1v) is 7.96. The van der Waals surface area contributed by atoms with Crippen LogP contribution < -0.4 is 10.1 Å². The summed E-state index contributed by atoms with van der Waals surface area (Å²) in [6.45, 7) is 4.67. The summed E-state index contributed by atoms with van der Waals surface area (Å²) in [5, 5.41) is 15.9. The van der Waals surface area contributed by atoms with E-state index in [0.717, 1.165) is 5.69 Å². The highest BCUT2D eigenvalue weighted by Gasteiger charge is 2.21. The third-order valence-electron chi connectivity index (χ3n) is 3.79. The summed E-state index contributed by atoms with van der Waals surface area (Å²) in [6.07, 6.45) is -1.00. The van der Waals surface area contributed by atoms with E-state index >= 15 is 0 Å². The van der Waals surface area contributed by atoms with Crippen molar-refractivity contribution < 1.29 is 19.1 Å². The minimum Gasteiger partial charge on any atom is -0.481 e. The topological polar surface area (TPSA) is 106 Å². The molecule has 0 spiro atoms. The van der Waals surface area contributed by atoms with E-state index in [0.29, 0.717) is 16.9 Å². The van der Waals surface area contributed by atoms with E-state index in [1.54, 1.807) is 42.9 Å². The van der Waals surface area contributed by atoms with Crippen LogP contribution in [0.4, 0.5) is 5.69 Å². The quantitative estimate of drug-likeness (QED) is 0.792. The van der Waals surface area contributed by atoms with Crippen LogP contribution in [0.5, 0.6) is 5.75 Å². The maximum atomic E-state index is 12.2. The van der Waals surface area contributed by atoms with E-state index in [-0.39, 0.29) is 5.75 Å². The zero-order valence-corrected chi connectivity index (χ0v) is 15.1. The molecule has 1 aromatic carbocycles. The predicted octanol–water partition coefficient (Wildman–Crippen LogP) is 1.86. The van der Waals surface area contributed by atoms with Gasteiger partial charge in [0.15, 0.2) is 12.7 Å². The van der Waals surface area contributed by atoms with Crippen LogP contribution in [0.2, 0.25) is 0 Å². The van der Waals surface area contributed by atoms with Crippen molar-refractivity contribution in [1.82, 2.24) is 9.78 Å². The normalized spacial score (nSPS) is 11.3. The second kappa shape index (κ2) is 8.16. The van der Waals surface area contributed by atoms with Gasteiger partial charge in [-0.3, -0.25) is 9.48 Å². The van der Waals surface area contributed by atoms with Crippen LogP contribution in [0.3, 0.4) is 0 Å². The molecule has 0 aliphatic rings. The van der Waals surface area contributed by atoms with Crippen LogP contribution >= 0.6 is 0 Å². The molecule has 1 unspecified atom stereocenters. The Bertz CT molecular complexity index is 867. The van der Waals surface area contributed by atoms with Gasteiger partial charge < -0.3 is 14.8 Å². The largest absolute Gasteiger partial charge is 0.481 e. The van der Waals surface area contributed by atoms with Gasteiger partial charge in [-0.1, -0.05) is 12.1 Å². The van der Waals surface area contributed by atoms with Crippen molar-refractivity contribution in [3.63, 3.8) is 0 Å². The summed E-state index contributed by atoms with van der Waals surface area (Å²) < 4.78 is 12.0. The number of carbonyl (C=O) groups is 2. The molecule has 8 nitrogen and oxygen atoms in total. The number of nitrogens with zero attached hydrogens (tertiary/aromatic N) is 3. The van der Waals surface area contributed by atoms with Crippen molar-refractivity contribution in [3.05, 3.63) is 41.2 Å². The first-order chi connectivity index (χ1) is 12.3. The van der Waals surface area contributed by atoms with Gasteiger partial charge in [0.2, 0.25) is 0 Å². The van der Waals surface area contributed by atoms with Gasteiger partial charge in [0.1, 0.15) is 11.8 Å². The third kappa shape index (κ3) is 4.39. The summed E-state index contributed by atoms with van der Waals surface area (Å²) in [5.41, 5.74) is 2.38. The number of anilines is 1. The van der Waals surface area contributed by atoms with Crippen molar-refractivity contribution in [2.75, 3.05) is 11.9 Å². The summed E-state index contributed by atoms with van der Waals surface area (Å²) in [5.74, 6) is -0.888. The van der Waals surface area contributed by atoms with Gasteiger partial charge in [0.05, 0.1) is 22.6 Å². The average Bonchev–Trinajstić information content (AvgIpc) is 2.86. The molecule has 0 aliphatic carbocycles. The van der Waals surface area contributed by atoms with Crippen LogP contribution in [-0.2, 0) is 21.4 Å². The molecule has 0 radical (unpaired) electrons. The highest BCUT2D eigenvalue weighted by atomic mass is 16.6. The Hall–Kier alpha value is -3.34. The number of carbonyl (C=O) groups excluding carboxylic acids is 2. The van der Waals surface area contributed by atoms with E-state index in [1.165, 1.54) is 6.92 Å². The molecular weight excluding hydrogens is 336 g/mol. The summed E-state index contributed by atoms with van der Waals surface area (Å²) in [6, 6.07) is 8.51. The number of aromatic nitrogens is 2. The number of ether oxygens (including phenoxy) is 2. The van der Waals surface area contributed by atoms with Gasteiger partial charge >= 0.3 is 5.97 Å². The summed E-state index contributed by atoms with van der Waals surface area (Å²) in [4.78, 5) is 24.1. The number of rotatable bonds is 6. The van der Waals surface area contributed by atoms with Gasteiger partial charge in [0, 0.05) is 7.05 Å². The molecule has 8 heteroatoms. The molecule has 0 fully saturated rings. The molecule has 0 saturated carbocycles. The molecule has 1 aromatic heterocycles. The number of amides is 1. The molecule has 0 saturated heterocycles. The lowest BCUT2D eigenvalue weighted by Crippen LogP contribution is -2.32. The van der Waals surface area contributed by atoms with Gasteiger partial charge in [-0.25, -0.2) is 4.79 Å². The number of para-hydroxylation sites is 1. The van der Waals surface area contributed by atoms with Crippen LogP contribution in [0.25, 0.3) is 0 Å². The van der Waals surface area contributed by atoms with Crippen LogP contribution in [0.15, 0.2) is 24.3 Å². The molecule has 0 bridgehead atoms. The highest BCUT2D eigenvalue weighted by molar-refractivity contribution is 5.96. The third-order valence-corrected chi connectivity index (χ3v) is 3.79. The zero-order valence-electron chi connectivity index (χ0n) is 15.1. The van der Waals surface area contributed by atoms with E-state index in [9.17, 15) is 9.59 Å².